The molecule has 10 nitrogen and oxygen atoms in total. The summed E-state index contributed by atoms with van der Waals surface area (Å²) >= 11 is 3.14. The lowest BCUT2D eigenvalue weighted by Crippen LogP contribution is -2.38. The van der Waals surface area contributed by atoms with E-state index in [1.807, 2.05) is 0 Å². The summed E-state index contributed by atoms with van der Waals surface area (Å²) in [7, 11) is 2.72. The molecular weight excluding hydrogens is 472 g/mol. The summed E-state index contributed by atoms with van der Waals surface area (Å²) in [4.78, 5) is 53.0. The van der Waals surface area contributed by atoms with Crippen LogP contribution in [0.3, 0.4) is 0 Å². The van der Waals surface area contributed by atoms with Crippen molar-refractivity contribution in [2.45, 2.75) is 13.2 Å². The van der Waals surface area contributed by atoms with E-state index in [0.29, 0.717) is 0 Å². The minimum Gasteiger partial charge on any atom is -0.435 e. The number of rotatable bonds is 5. The Morgan fingerprint density at radius 3 is 2.40 bits per heavy atom. The molecule has 30 heavy (non-hydrogen) atoms. The van der Waals surface area contributed by atoms with Crippen LogP contribution < -0.4 is 21.3 Å². The average molecular weight is 486 g/mol. The van der Waals surface area contributed by atoms with Crippen LogP contribution in [0.2, 0.25) is 0 Å². The molecule has 1 N–H and O–H groups in total. The number of benzene rings is 1. The highest BCUT2D eigenvalue weighted by Gasteiger charge is 2.20. The second-order valence-corrected chi connectivity index (χ2v) is 6.83. The molecule has 0 fully saturated rings. The van der Waals surface area contributed by atoms with E-state index in [4.69, 9.17) is 0 Å². The molecule has 0 aliphatic carbocycles. The first kappa shape index (κ1) is 21.4. The van der Waals surface area contributed by atoms with Gasteiger partial charge in [0, 0.05) is 19.7 Å². The standard InChI is InChI=1S/C17H14BrF2N5O5/c1-23-13-11(14(28)24(2)17(23)29)22-15(18)25(13)7-10(26)21-12(27)8-3-5-9(6-4-8)30-16(19)20/h3-6,16H,7H2,1-2H3,(H,21,26,27). The number of aromatic nitrogens is 4. The molecule has 2 aromatic heterocycles. The van der Waals surface area contributed by atoms with Gasteiger partial charge in [-0.1, -0.05) is 0 Å². The molecule has 0 atom stereocenters. The van der Waals surface area contributed by atoms with Gasteiger partial charge in [-0.2, -0.15) is 8.78 Å². The molecule has 13 heteroatoms. The highest BCUT2D eigenvalue weighted by molar-refractivity contribution is 9.10. The summed E-state index contributed by atoms with van der Waals surface area (Å²) in [6, 6.07) is 4.76. The fourth-order valence-electron chi connectivity index (χ4n) is 2.77. The van der Waals surface area contributed by atoms with Gasteiger partial charge in [0.1, 0.15) is 12.3 Å². The number of hydrogen-bond donors (Lipinski definition) is 1. The fraction of sp³-hybridized carbons (Fsp3) is 0.235. The normalized spacial score (nSPS) is 11.1. The highest BCUT2D eigenvalue weighted by Crippen LogP contribution is 2.17. The first-order valence-corrected chi connectivity index (χ1v) is 9.10. The molecule has 158 valence electrons. The second-order valence-electron chi connectivity index (χ2n) is 6.13. The van der Waals surface area contributed by atoms with Crippen LogP contribution in [-0.4, -0.2) is 37.1 Å². The van der Waals surface area contributed by atoms with Crippen molar-refractivity contribution in [1.82, 2.24) is 24.0 Å². The Kier molecular flexibility index (Phi) is 5.82. The summed E-state index contributed by atoms with van der Waals surface area (Å²) in [5, 5.41) is 2.14. The van der Waals surface area contributed by atoms with Crippen LogP contribution in [0.4, 0.5) is 8.78 Å². The van der Waals surface area contributed by atoms with Crippen LogP contribution in [0.25, 0.3) is 11.2 Å². The van der Waals surface area contributed by atoms with Crippen molar-refractivity contribution in [2.24, 2.45) is 14.1 Å². The lowest BCUT2D eigenvalue weighted by Gasteiger charge is -2.10. The Bertz CT molecular complexity index is 1260. The zero-order chi connectivity index (χ0) is 22.2. The van der Waals surface area contributed by atoms with Crippen molar-refractivity contribution in [2.75, 3.05) is 0 Å². The topological polar surface area (TPSA) is 117 Å². The number of halogens is 3. The number of carbonyl (C=O) groups is 2. The molecule has 0 aliphatic rings. The average Bonchev–Trinajstić information content (AvgIpc) is 3.01. The van der Waals surface area contributed by atoms with E-state index in [0.717, 1.165) is 21.3 Å². The number of fused-ring (bicyclic) bond motifs is 1. The number of nitrogens with zero attached hydrogens (tertiary/aromatic N) is 4. The van der Waals surface area contributed by atoms with E-state index < -0.39 is 36.2 Å². The number of alkyl halides is 2. The quantitative estimate of drug-likeness (QED) is 0.533. The molecule has 3 rings (SSSR count). The molecule has 0 unspecified atom stereocenters. The fourth-order valence-corrected chi connectivity index (χ4v) is 3.24. The Labute approximate surface area is 174 Å². The number of ether oxygens (including phenoxy) is 1. The van der Waals surface area contributed by atoms with E-state index in [9.17, 15) is 28.0 Å². The van der Waals surface area contributed by atoms with E-state index >= 15 is 0 Å². The van der Waals surface area contributed by atoms with Gasteiger partial charge in [-0.25, -0.2) is 9.78 Å². The lowest BCUT2D eigenvalue weighted by molar-refractivity contribution is -0.120. The smallest absolute Gasteiger partial charge is 0.387 e. The summed E-state index contributed by atoms with van der Waals surface area (Å²) in [6.45, 7) is -3.42. The molecular formula is C17H14BrF2N5O5. The molecule has 2 amide bonds. The molecule has 1 aromatic carbocycles. The van der Waals surface area contributed by atoms with Gasteiger partial charge in [-0.3, -0.25) is 33.4 Å². The second kappa shape index (κ2) is 8.18. The van der Waals surface area contributed by atoms with Crippen LogP contribution in [0, 0.1) is 0 Å². The van der Waals surface area contributed by atoms with Crippen LogP contribution >= 0.6 is 15.9 Å². The van der Waals surface area contributed by atoms with Crippen LogP contribution in [-0.2, 0) is 25.4 Å². The van der Waals surface area contributed by atoms with Crippen LogP contribution in [0.1, 0.15) is 10.4 Å². The van der Waals surface area contributed by atoms with Crippen molar-refractivity contribution in [3.8, 4) is 5.75 Å². The SMILES string of the molecule is Cn1c(=O)c2nc(Br)n(CC(=O)NC(=O)c3ccc(OC(F)F)cc3)c2n(C)c1=O. The maximum atomic E-state index is 12.4. The highest BCUT2D eigenvalue weighted by atomic mass is 79.9. The van der Waals surface area contributed by atoms with Gasteiger partial charge in [0.25, 0.3) is 11.5 Å². The third kappa shape index (κ3) is 4.01. The van der Waals surface area contributed by atoms with Crippen LogP contribution in [0.15, 0.2) is 38.6 Å². The minimum absolute atomic E-state index is 0.0276. The van der Waals surface area contributed by atoms with Crippen molar-refractivity contribution in [3.05, 3.63) is 55.4 Å². The molecule has 0 bridgehead atoms. The first-order valence-electron chi connectivity index (χ1n) is 8.31. The summed E-state index contributed by atoms with van der Waals surface area (Å²) in [5.74, 6) is -1.65. The van der Waals surface area contributed by atoms with E-state index in [-0.39, 0.29) is 27.2 Å². The number of imidazole rings is 1. The Hall–Kier alpha value is -3.35. The molecule has 3 aromatic rings. The van der Waals surface area contributed by atoms with Gasteiger partial charge in [0.2, 0.25) is 5.91 Å². The van der Waals surface area contributed by atoms with Gasteiger partial charge in [0.05, 0.1) is 0 Å². The summed E-state index contributed by atoms with van der Waals surface area (Å²) in [6.07, 6.45) is 0. The molecule has 0 saturated carbocycles. The summed E-state index contributed by atoms with van der Waals surface area (Å²) in [5.41, 5.74) is -1.12. The van der Waals surface area contributed by atoms with Gasteiger partial charge in [-0.15, -0.1) is 0 Å². The van der Waals surface area contributed by atoms with Gasteiger partial charge >= 0.3 is 12.3 Å². The molecule has 2 heterocycles. The molecule has 0 aliphatic heterocycles. The Morgan fingerprint density at radius 1 is 1.17 bits per heavy atom. The minimum atomic E-state index is -3.00. The predicted octanol–water partition coefficient (Wildman–Crippen LogP) is 0.754. The van der Waals surface area contributed by atoms with E-state index in [1.165, 1.54) is 30.8 Å². The number of nitrogens with one attached hydrogen (secondary N) is 1. The first-order chi connectivity index (χ1) is 14.1. The maximum Gasteiger partial charge on any atom is 0.387 e. The maximum absolute atomic E-state index is 12.4. The largest absolute Gasteiger partial charge is 0.435 e. The molecule has 0 spiro atoms. The Morgan fingerprint density at radius 2 is 1.80 bits per heavy atom. The number of hydrogen-bond acceptors (Lipinski definition) is 6. The predicted molar refractivity (Wildman–Crippen MR) is 103 cm³/mol. The van der Waals surface area contributed by atoms with Crippen LogP contribution in [0.5, 0.6) is 5.75 Å². The third-order valence-corrected chi connectivity index (χ3v) is 4.79. The zero-order valence-corrected chi connectivity index (χ0v) is 17.1. The monoisotopic (exact) mass is 485 g/mol. The van der Waals surface area contributed by atoms with Crippen molar-refractivity contribution in [3.63, 3.8) is 0 Å². The number of carbonyl (C=O) groups excluding carboxylic acids is 2. The van der Waals surface area contributed by atoms with E-state index in [2.05, 4.69) is 31.0 Å². The zero-order valence-electron chi connectivity index (χ0n) is 15.6. The number of imide groups is 1. The van der Waals surface area contributed by atoms with Crippen molar-refractivity contribution in [1.29, 1.82) is 0 Å². The van der Waals surface area contributed by atoms with Gasteiger partial charge in [0.15, 0.2) is 15.9 Å². The Balaban J connectivity index is 1.82. The van der Waals surface area contributed by atoms with Crippen molar-refractivity contribution >= 4 is 38.9 Å². The van der Waals surface area contributed by atoms with Gasteiger partial charge in [-0.05, 0) is 40.2 Å². The molecule has 0 radical (unpaired) electrons. The van der Waals surface area contributed by atoms with E-state index in [1.54, 1.807) is 0 Å². The number of amides is 2. The third-order valence-electron chi connectivity index (χ3n) is 4.19. The van der Waals surface area contributed by atoms with Gasteiger partial charge < -0.3 is 4.74 Å². The lowest BCUT2D eigenvalue weighted by atomic mass is 10.2. The number of aryl methyl sites for hydroxylation is 1. The molecule has 0 saturated heterocycles. The van der Waals surface area contributed by atoms with Crippen molar-refractivity contribution < 1.29 is 23.1 Å². The summed E-state index contributed by atoms with van der Waals surface area (Å²) < 4.78 is 32.0.